The van der Waals surface area contributed by atoms with Crippen molar-refractivity contribution in [3.63, 3.8) is 0 Å². The molecule has 3 rings (SSSR count). The van der Waals surface area contributed by atoms with E-state index in [1.54, 1.807) is 28.8 Å². The molecule has 3 aromatic rings. The summed E-state index contributed by atoms with van der Waals surface area (Å²) in [6.45, 7) is 4.32. The van der Waals surface area contributed by atoms with Gasteiger partial charge in [-0.3, -0.25) is 4.79 Å². The second-order valence-corrected chi connectivity index (χ2v) is 6.24. The summed E-state index contributed by atoms with van der Waals surface area (Å²) in [5.74, 6) is 0. The lowest BCUT2D eigenvalue weighted by molar-refractivity contribution is 0.791. The summed E-state index contributed by atoms with van der Waals surface area (Å²) in [7, 11) is 0. The Morgan fingerprint density at radius 1 is 0.955 bits per heavy atom. The molecule has 2 aromatic carbocycles. The fourth-order valence-electron chi connectivity index (χ4n) is 2.78. The maximum absolute atomic E-state index is 12.5. The van der Waals surface area contributed by atoms with Crippen molar-refractivity contribution in [3.8, 4) is 0 Å². The highest BCUT2D eigenvalue weighted by Gasteiger charge is 2.12. The Kier molecular flexibility index (Phi) is 3.98. The SMILES string of the molecule is Cc1cc(=O)n(Cc2c(Cl)cccc2Cl)c2c(C)cccc12. The number of hydrogen-bond acceptors (Lipinski definition) is 1. The maximum Gasteiger partial charge on any atom is 0.251 e. The molecule has 2 nitrogen and oxygen atoms in total. The third kappa shape index (κ3) is 2.53. The molecule has 0 atom stereocenters. The second kappa shape index (κ2) is 5.79. The average Bonchev–Trinajstić information content (AvgIpc) is 2.46. The number of aromatic nitrogens is 1. The third-order valence-corrected chi connectivity index (χ3v) is 4.62. The first-order chi connectivity index (χ1) is 10.5. The van der Waals surface area contributed by atoms with E-state index in [9.17, 15) is 4.79 Å². The topological polar surface area (TPSA) is 22.0 Å². The number of para-hydroxylation sites is 1. The molecule has 4 heteroatoms. The minimum atomic E-state index is -0.0460. The van der Waals surface area contributed by atoms with Crippen LogP contribution >= 0.6 is 23.2 Å². The summed E-state index contributed by atoms with van der Waals surface area (Å²) in [4.78, 5) is 12.5. The number of rotatable bonds is 2. The standard InChI is InChI=1S/C18H15Cl2NO/c1-11-5-3-6-13-12(2)9-17(22)21(18(11)13)10-14-15(19)7-4-8-16(14)20/h3-9H,10H2,1-2H3. The third-order valence-electron chi connectivity index (χ3n) is 3.92. The van der Waals surface area contributed by atoms with Crippen molar-refractivity contribution in [2.45, 2.75) is 20.4 Å². The number of nitrogens with zero attached hydrogens (tertiary/aromatic N) is 1. The van der Waals surface area contributed by atoms with Gasteiger partial charge in [-0.1, -0.05) is 47.5 Å². The van der Waals surface area contributed by atoms with Gasteiger partial charge in [0.2, 0.25) is 0 Å². The lowest BCUT2D eigenvalue weighted by Crippen LogP contribution is -2.22. The number of halogens is 2. The van der Waals surface area contributed by atoms with Gasteiger partial charge in [0.25, 0.3) is 5.56 Å². The number of fused-ring (bicyclic) bond motifs is 1. The van der Waals surface area contributed by atoms with Crippen LogP contribution < -0.4 is 5.56 Å². The molecule has 22 heavy (non-hydrogen) atoms. The minimum absolute atomic E-state index is 0.0460. The van der Waals surface area contributed by atoms with E-state index >= 15 is 0 Å². The van der Waals surface area contributed by atoms with E-state index < -0.39 is 0 Å². The van der Waals surface area contributed by atoms with E-state index in [1.807, 2.05) is 32.0 Å². The molecule has 0 aliphatic rings. The van der Waals surface area contributed by atoms with E-state index in [0.717, 1.165) is 27.6 Å². The van der Waals surface area contributed by atoms with Gasteiger partial charge in [0.1, 0.15) is 0 Å². The van der Waals surface area contributed by atoms with Crippen LogP contribution in [-0.4, -0.2) is 4.57 Å². The zero-order valence-electron chi connectivity index (χ0n) is 12.4. The number of aryl methyl sites for hydroxylation is 2. The van der Waals surface area contributed by atoms with Gasteiger partial charge in [-0.25, -0.2) is 0 Å². The van der Waals surface area contributed by atoms with Gasteiger partial charge >= 0.3 is 0 Å². The van der Waals surface area contributed by atoms with Gasteiger partial charge in [0, 0.05) is 27.1 Å². The maximum atomic E-state index is 12.5. The van der Waals surface area contributed by atoms with Crippen molar-refractivity contribution in [2.75, 3.05) is 0 Å². The summed E-state index contributed by atoms with van der Waals surface area (Å²) in [6.07, 6.45) is 0. The molecule has 1 aromatic heterocycles. The van der Waals surface area contributed by atoms with Crippen LogP contribution in [0, 0.1) is 13.8 Å². The van der Waals surface area contributed by atoms with Crippen LogP contribution in [-0.2, 0) is 6.54 Å². The van der Waals surface area contributed by atoms with Gasteiger partial charge < -0.3 is 4.57 Å². The number of benzene rings is 2. The summed E-state index contributed by atoms with van der Waals surface area (Å²) in [6, 6.07) is 13.1. The molecular formula is C18H15Cl2NO. The zero-order valence-corrected chi connectivity index (χ0v) is 13.9. The Bertz CT molecular complexity index is 908. The normalized spacial score (nSPS) is 11.1. The van der Waals surface area contributed by atoms with E-state index in [2.05, 4.69) is 0 Å². The summed E-state index contributed by atoms with van der Waals surface area (Å²) in [5, 5.41) is 2.21. The van der Waals surface area contributed by atoms with Crippen LogP contribution in [0.15, 0.2) is 47.3 Å². The van der Waals surface area contributed by atoms with Crippen LogP contribution in [0.5, 0.6) is 0 Å². The van der Waals surface area contributed by atoms with Crippen molar-refractivity contribution in [1.82, 2.24) is 4.57 Å². The van der Waals surface area contributed by atoms with Gasteiger partial charge in [0.15, 0.2) is 0 Å². The molecule has 0 saturated heterocycles. The van der Waals surface area contributed by atoms with Gasteiger partial charge in [-0.05, 0) is 37.1 Å². The largest absolute Gasteiger partial charge is 0.303 e. The highest BCUT2D eigenvalue weighted by atomic mass is 35.5. The first-order valence-corrected chi connectivity index (χ1v) is 7.77. The first-order valence-electron chi connectivity index (χ1n) is 7.01. The van der Waals surface area contributed by atoms with Crippen LogP contribution in [0.25, 0.3) is 10.9 Å². The lowest BCUT2D eigenvalue weighted by Gasteiger charge is -2.15. The van der Waals surface area contributed by atoms with Crippen molar-refractivity contribution >= 4 is 34.1 Å². The highest BCUT2D eigenvalue weighted by molar-refractivity contribution is 6.36. The molecule has 112 valence electrons. The van der Waals surface area contributed by atoms with Crippen molar-refractivity contribution in [3.05, 3.63) is 79.6 Å². The van der Waals surface area contributed by atoms with Crippen LogP contribution in [0.4, 0.5) is 0 Å². The molecule has 0 spiro atoms. The van der Waals surface area contributed by atoms with Gasteiger partial charge in [-0.2, -0.15) is 0 Å². The van der Waals surface area contributed by atoms with E-state index in [4.69, 9.17) is 23.2 Å². The fourth-order valence-corrected chi connectivity index (χ4v) is 3.30. The Morgan fingerprint density at radius 3 is 2.27 bits per heavy atom. The second-order valence-electron chi connectivity index (χ2n) is 5.42. The van der Waals surface area contributed by atoms with Crippen molar-refractivity contribution < 1.29 is 0 Å². The Morgan fingerprint density at radius 2 is 1.59 bits per heavy atom. The van der Waals surface area contributed by atoms with Crippen LogP contribution in [0.3, 0.4) is 0 Å². The highest BCUT2D eigenvalue weighted by Crippen LogP contribution is 2.27. The molecule has 0 fully saturated rings. The lowest BCUT2D eigenvalue weighted by atomic mass is 10.1. The molecule has 0 unspecified atom stereocenters. The minimum Gasteiger partial charge on any atom is -0.303 e. The van der Waals surface area contributed by atoms with Gasteiger partial charge in [0.05, 0.1) is 12.1 Å². The molecule has 0 saturated carbocycles. The average molecular weight is 332 g/mol. The number of hydrogen-bond donors (Lipinski definition) is 0. The molecule has 1 heterocycles. The van der Waals surface area contributed by atoms with Crippen molar-refractivity contribution in [2.24, 2.45) is 0 Å². The van der Waals surface area contributed by atoms with Crippen LogP contribution in [0.2, 0.25) is 10.0 Å². The van der Waals surface area contributed by atoms with Gasteiger partial charge in [-0.15, -0.1) is 0 Å². The Hall–Kier alpha value is -1.77. The smallest absolute Gasteiger partial charge is 0.251 e. The molecule has 0 radical (unpaired) electrons. The quantitative estimate of drug-likeness (QED) is 0.649. The van der Waals surface area contributed by atoms with Crippen LogP contribution in [0.1, 0.15) is 16.7 Å². The monoisotopic (exact) mass is 331 g/mol. The Balaban J connectivity index is 2.30. The summed E-state index contributed by atoms with van der Waals surface area (Å²) in [5.41, 5.74) is 3.69. The fraction of sp³-hybridized carbons (Fsp3) is 0.167. The molecule has 0 amide bonds. The molecule has 0 N–H and O–H groups in total. The predicted octanol–water partition coefficient (Wildman–Crippen LogP) is 4.97. The first kappa shape index (κ1) is 15.1. The predicted molar refractivity (Wildman–Crippen MR) is 93.2 cm³/mol. The van der Waals surface area contributed by atoms with E-state index in [-0.39, 0.29) is 5.56 Å². The Labute approximate surface area is 138 Å². The molecule has 0 aliphatic heterocycles. The molecule has 0 bridgehead atoms. The van der Waals surface area contributed by atoms with E-state index in [1.165, 1.54) is 0 Å². The zero-order chi connectivity index (χ0) is 15.9. The summed E-state index contributed by atoms with van der Waals surface area (Å²) < 4.78 is 1.74. The number of pyridine rings is 1. The summed E-state index contributed by atoms with van der Waals surface area (Å²) >= 11 is 12.5. The van der Waals surface area contributed by atoms with Crippen molar-refractivity contribution in [1.29, 1.82) is 0 Å². The molecule has 0 aliphatic carbocycles. The van der Waals surface area contributed by atoms with E-state index in [0.29, 0.717) is 16.6 Å². The molecular weight excluding hydrogens is 317 g/mol.